The van der Waals surface area contributed by atoms with Gasteiger partial charge in [0, 0.05) is 18.1 Å². The maximum atomic E-state index is 5.83. The third kappa shape index (κ3) is 2.16. The van der Waals surface area contributed by atoms with Gasteiger partial charge in [0.25, 0.3) is 0 Å². The van der Waals surface area contributed by atoms with Gasteiger partial charge in [-0.2, -0.15) is 0 Å². The molecule has 0 spiro atoms. The van der Waals surface area contributed by atoms with E-state index in [-0.39, 0.29) is 0 Å². The van der Waals surface area contributed by atoms with E-state index in [2.05, 4.69) is 5.01 Å². The molecule has 80 valence electrons. The number of anilines is 1. The van der Waals surface area contributed by atoms with Crippen molar-refractivity contribution in [2.75, 3.05) is 18.1 Å². The van der Waals surface area contributed by atoms with E-state index in [9.17, 15) is 0 Å². The van der Waals surface area contributed by atoms with Gasteiger partial charge in [-0.1, -0.05) is 11.6 Å². The maximum Gasteiger partial charge on any atom is 0.185 e. The molecular formula is C10H12ClN3S. The quantitative estimate of drug-likeness (QED) is 0.763. The molecule has 0 atom stereocenters. The first-order chi connectivity index (χ1) is 7.18. The molecule has 1 aromatic rings. The zero-order valence-corrected chi connectivity index (χ0v) is 9.76. The molecule has 0 aromatic heterocycles. The SMILES string of the molecule is NC(=S)N1CCCN1c1ccc(Cl)cc1. The minimum absolute atomic E-state index is 0.419. The predicted octanol–water partition coefficient (Wildman–Crippen LogP) is 2.01. The molecule has 0 radical (unpaired) electrons. The van der Waals surface area contributed by atoms with Gasteiger partial charge in [-0.3, -0.25) is 10.0 Å². The molecular weight excluding hydrogens is 230 g/mol. The number of halogens is 1. The van der Waals surface area contributed by atoms with Crippen molar-refractivity contribution >= 4 is 34.6 Å². The molecule has 1 fully saturated rings. The molecule has 15 heavy (non-hydrogen) atoms. The van der Waals surface area contributed by atoms with E-state index in [0.29, 0.717) is 5.11 Å². The summed E-state index contributed by atoms with van der Waals surface area (Å²) in [5.41, 5.74) is 6.72. The van der Waals surface area contributed by atoms with Crippen LogP contribution in [-0.2, 0) is 0 Å². The summed E-state index contributed by atoms with van der Waals surface area (Å²) >= 11 is 10.8. The van der Waals surface area contributed by atoms with Crippen molar-refractivity contribution in [3.63, 3.8) is 0 Å². The molecule has 1 aromatic carbocycles. The summed E-state index contributed by atoms with van der Waals surface area (Å²) in [5, 5.41) is 5.15. The highest BCUT2D eigenvalue weighted by Gasteiger charge is 2.22. The lowest BCUT2D eigenvalue weighted by atomic mass is 10.3. The van der Waals surface area contributed by atoms with Crippen LogP contribution in [0.15, 0.2) is 24.3 Å². The average Bonchev–Trinajstić information content (AvgIpc) is 2.67. The van der Waals surface area contributed by atoms with E-state index in [0.717, 1.165) is 30.2 Å². The van der Waals surface area contributed by atoms with Crippen molar-refractivity contribution < 1.29 is 0 Å². The van der Waals surface area contributed by atoms with E-state index in [1.807, 2.05) is 29.3 Å². The van der Waals surface area contributed by atoms with Crippen molar-refractivity contribution in [2.24, 2.45) is 5.73 Å². The molecule has 0 aliphatic carbocycles. The van der Waals surface area contributed by atoms with Gasteiger partial charge in [0.15, 0.2) is 5.11 Å². The molecule has 5 heteroatoms. The van der Waals surface area contributed by atoms with Gasteiger partial charge in [0.2, 0.25) is 0 Å². The minimum atomic E-state index is 0.419. The number of hydrazine groups is 1. The summed E-state index contributed by atoms with van der Waals surface area (Å²) < 4.78 is 0. The highest BCUT2D eigenvalue weighted by atomic mass is 35.5. The topological polar surface area (TPSA) is 32.5 Å². The number of rotatable bonds is 1. The number of nitrogens with zero attached hydrogens (tertiary/aromatic N) is 2. The normalized spacial score (nSPS) is 15.8. The first kappa shape index (κ1) is 10.5. The Morgan fingerprint density at radius 3 is 2.53 bits per heavy atom. The van der Waals surface area contributed by atoms with E-state index >= 15 is 0 Å². The van der Waals surface area contributed by atoms with Crippen LogP contribution in [0.25, 0.3) is 0 Å². The highest BCUT2D eigenvalue weighted by Crippen LogP contribution is 2.23. The molecule has 1 aliphatic heterocycles. The summed E-state index contributed by atoms with van der Waals surface area (Å²) in [4.78, 5) is 0. The van der Waals surface area contributed by atoms with Crippen LogP contribution >= 0.6 is 23.8 Å². The van der Waals surface area contributed by atoms with Crippen molar-refractivity contribution in [3.8, 4) is 0 Å². The zero-order chi connectivity index (χ0) is 10.8. The van der Waals surface area contributed by atoms with Gasteiger partial charge in [0.1, 0.15) is 0 Å². The molecule has 1 aliphatic rings. The fourth-order valence-corrected chi connectivity index (χ4v) is 2.04. The number of hydrogen-bond donors (Lipinski definition) is 1. The van der Waals surface area contributed by atoms with Crippen LogP contribution in [0.4, 0.5) is 5.69 Å². The maximum absolute atomic E-state index is 5.83. The Bertz CT molecular complexity index is 365. The van der Waals surface area contributed by atoms with Crippen LogP contribution in [-0.4, -0.2) is 23.2 Å². The zero-order valence-electron chi connectivity index (χ0n) is 8.19. The van der Waals surface area contributed by atoms with Gasteiger partial charge in [-0.25, -0.2) is 0 Å². The van der Waals surface area contributed by atoms with E-state index in [4.69, 9.17) is 29.6 Å². The van der Waals surface area contributed by atoms with E-state index in [1.54, 1.807) is 0 Å². The third-order valence-corrected chi connectivity index (χ3v) is 2.87. The molecule has 0 amide bonds. The van der Waals surface area contributed by atoms with Gasteiger partial charge >= 0.3 is 0 Å². The Labute approximate surface area is 99.4 Å². The van der Waals surface area contributed by atoms with Crippen molar-refractivity contribution in [1.82, 2.24) is 5.01 Å². The Morgan fingerprint density at radius 2 is 1.93 bits per heavy atom. The fraction of sp³-hybridized carbons (Fsp3) is 0.300. The Balaban J connectivity index is 2.22. The van der Waals surface area contributed by atoms with Gasteiger partial charge in [0.05, 0.1) is 5.69 Å². The lowest BCUT2D eigenvalue weighted by molar-refractivity contribution is 0.482. The number of hydrogen-bond acceptors (Lipinski definition) is 2. The fourth-order valence-electron chi connectivity index (χ4n) is 1.72. The van der Waals surface area contributed by atoms with E-state index < -0.39 is 0 Å². The van der Waals surface area contributed by atoms with Crippen molar-refractivity contribution in [1.29, 1.82) is 0 Å². The molecule has 0 saturated carbocycles. The molecule has 1 heterocycles. The summed E-state index contributed by atoms with van der Waals surface area (Å²) in [5.74, 6) is 0. The summed E-state index contributed by atoms with van der Waals surface area (Å²) in [6.07, 6.45) is 1.07. The molecule has 0 unspecified atom stereocenters. The lowest BCUT2D eigenvalue weighted by Crippen LogP contribution is -2.44. The summed E-state index contributed by atoms with van der Waals surface area (Å²) in [6, 6.07) is 7.68. The summed E-state index contributed by atoms with van der Waals surface area (Å²) in [7, 11) is 0. The van der Waals surface area contributed by atoms with Crippen LogP contribution in [0.1, 0.15) is 6.42 Å². The van der Waals surface area contributed by atoms with Crippen LogP contribution in [0.2, 0.25) is 5.02 Å². The van der Waals surface area contributed by atoms with E-state index in [1.165, 1.54) is 0 Å². The predicted molar refractivity (Wildman–Crippen MR) is 66.9 cm³/mol. The second-order valence-corrected chi connectivity index (χ2v) is 4.27. The second kappa shape index (κ2) is 4.24. The van der Waals surface area contributed by atoms with Gasteiger partial charge in [-0.15, -0.1) is 0 Å². The number of benzene rings is 1. The molecule has 3 nitrogen and oxygen atoms in total. The lowest BCUT2D eigenvalue weighted by Gasteiger charge is -2.29. The Kier molecular flexibility index (Phi) is 2.98. The monoisotopic (exact) mass is 241 g/mol. The highest BCUT2D eigenvalue weighted by molar-refractivity contribution is 7.80. The first-order valence-corrected chi connectivity index (χ1v) is 5.57. The Hall–Kier alpha value is -1.00. The van der Waals surface area contributed by atoms with Crippen molar-refractivity contribution in [2.45, 2.75) is 6.42 Å². The molecule has 2 N–H and O–H groups in total. The van der Waals surface area contributed by atoms with Crippen LogP contribution in [0, 0.1) is 0 Å². The Morgan fingerprint density at radius 1 is 1.27 bits per heavy atom. The van der Waals surface area contributed by atoms with Crippen molar-refractivity contribution in [3.05, 3.63) is 29.3 Å². The van der Waals surface area contributed by atoms with Gasteiger partial charge in [-0.05, 0) is 42.9 Å². The first-order valence-electron chi connectivity index (χ1n) is 4.78. The smallest absolute Gasteiger partial charge is 0.185 e. The standard InChI is InChI=1S/C10H12ClN3S/c11-8-2-4-9(5-3-8)13-6-1-7-14(13)10(12)15/h2-5H,1,6-7H2,(H2,12,15). The molecule has 1 saturated heterocycles. The number of thiocarbonyl (C=S) groups is 1. The minimum Gasteiger partial charge on any atom is -0.375 e. The third-order valence-electron chi connectivity index (χ3n) is 2.41. The molecule has 0 bridgehead atoms. The molecule has 2 rings (SSSR count). The second-order valence-electron chi connectivity index (χ2n) is 3.41. The van der Waals surface area contributed by atoms with Crippen LogP contribution in [0.5, 0.6) is 0 Å². The largest absolute Gasteiger partial charge is 0.375 e. The number of nitrogens with two attached hydrogens (primary N) is 1. The van der Waals surface area contributed by atoms with Crippen LogP contribution < -0.4 is 10.7 Å². The van der Waals surface area contributed by atoms with Crippen LogP contribution in [0.3, 0.4) is 0 Å². The summed E-state index contributed by atoms with van der Waals surface area (Å²) in [6.45, 7) is 1.83. The average molecular weight is 242 g/mol. The van der Waals surface area contributed by atoms with Gasteiger partial charge < -0.3 is 5.73 Å².